The average molecular weight is 277 g/mol. The Morgan fingerprint density at radius 3 is 2.15 bits per heavy atom. The molecule has 0 atom stereocenters. The summed E-state index contributed by atoms with van der Waals surface area (Å²) in [5.74, 6) is -0.0727. The first kappa shape index (κ1) is 15.0. The van der Waals surface area contributed by atoms with Crippen molar-refractivity contribution >= 4 is 11.6 Å². The van der Waals surface area contributed by atoms with Crippen molar-refractivity contribution < 1.29 is 14.3 Å². The molecule has 1 aromatic carbocycles. The number of nitrogens with one attached hydrogen (secondary N) is 1. The highest BCUT2D eigenvalue weighted by atomic mass is 16.7. The van der Waals surface area contributed by atoms with Crippen LogP contribution in [0.5, 0.6) is 0 Å². The molecule has 0 aliphatic carbocycles. The van der Waals surface area contributed by atoms with Gasteiger partial charge in [-0.3, -0.25) is 4.79 Å². The van der Waals surface area contributed by atoms with Crippen LogP contribution < -0.4 is 5.32 Å². The molecule has 1 fully saturated rings. The second-order valence-corrected chi connectivity index (χ2v) is 6.34. The lowest BCUT2D eigenvalue weighted by Crippen LogP contribution is -2.41. The largest absolute Gasteiger partial charge is 0.339 e. The minimum Gasteiger partial charge on any atom is -0.339 e. The summed E-state index contributed by atoms with van der Waals surface area (Å²) in [4.78, 5) is 11.1. The molecule has 1 aliphatic heterocycles. The van der Waals surface area contributed by atoms with Crippen molar-refractivity contribution in [1.82, 2.24) is 0 Å². The van der Waals surface area contributed by atoms with Crippen LogP contribution in [0, 0.1) is 6.92 Å². The van der Waals surface area contributed by atoms with Gasteiger partial charge in [0.15, 0.2) is 6.29 Å². The van der Waals surface area contributed by atoms with E-state index < -0.39 is 0 Å². The first-order valence-electron chi connectivity index (χ1n) is 6.86. The molecule has 1 aromatic rings. The predicted octanol–water partition coefficient (Wildman–Crippen LogP) is 3.56. The first-order chi connectivity index (χ1) is 9.12. The lowest BCUT2D eigenvalue weighted by Gasteiger charge is -2.30. The normalized spacial score (nSPS) is 20.9. The molecule has 1 saturated heterocycles. The molecule has 1 aliphatic rings. The molecule has 0 unspecified atom stereocenters. The molecule has 110 valence electrons. The van der Waals surface area contributed by atoms with E-state index in [9.17, 15) is 4.79 Å². The number of carbonyl (C=O) groups is 1. The molecular formula is C16H23NO3. The van der Waals surface area contributed by atoms with E-state index in [0.29, 0.717) is 0 Å². The van der Waals surface area contributed by atoms with E-state index in [-0.39, 0.29) is 23.4 Å². The number of hydrogen-bond acceptors (Lipinski definition) is 3. The van der Waals surface area contributed by atoms with Crippen molar-refractivity contribution in [2.24, 2.45) is 0 Å². The highest BCUT2D eigenvalue weighted by molar-refractivity contribution is 5.89. The molecule has 0 saturated carbocycles. The van der Waals surface area contributed by atoms with E-state index in [1.807, 2.05) is 52.8 Å². The van der Waals surface area contributed by atoms with Crippen LogP contribution in [0.25, 0.3) is 0 Å². The van der Waals surface area contributed by atoms with Gasteiger partial charge in [-0.05, 0) is 52.3 Å². The Morgan fingerprint density at radius 2 is 1.70 bits per heavy atom. The van der Waals surface area contributed by atoms with Gasteiger partial charge < -0.3 is 14.8 Å². The van der Waals surface area contributed by atoms with Crippen LogP contribution in [0.3, 0.4) is 0 Å². The smallest absolute Gasteiger partial charge is 0.221 e. The highest BCUT2D eigenvalue weighted by Gasteiger charge is 2.49. The van der Waals surface area contributed by atoms with Crippen molar-refractivity contribution in [3.63, 3.8) is 0 Å². The number of anilines is 1. The summed E-state index contributed by atoms with van der Waals surface area (Å²) in [5.41, 5.74) is 2.09. The van der Waals surface area contributed by atoms with Crippen molar-refractivity contribution in [3.8, 4) is 0 Å². The number of aryl methyl sites for hydroxylation is 1. The molecule has 1 amide bonds. The van der Waals surface area contributed by atoms with Crippen molar-refractivity contribution in [3.05, 3.63) is 29.3 Å². The number of amides is 1. The van der Waals surface area contributed by atoms with Crippen LogP contribution in [-0.2, 0) is 14.3 Å². The number of rotatable bonds is 2. The molecule has 4 heteroatoms. The molecule has 20 heavy (non-hydrogen) atoms. The van der Waals surface area contributed by atoms with Gasteiger partial charge in [-0.1, -0.05) is 6.07 Å². The van der Waals surface area contributed by atoms with Crippen molar-refractivity contribution in [1.29, 1.82) is 0 Å². The number of carbonyl (C=O) groups excluding carboxylic acids is 1. The zero-order chi connectivity index (χ0) is 15.1. The third-order valence-corrected chi connectivity index (χ3v) is 4.09. The summed E-state index contributed by atoms with van der Waals surface area (Å²) in [6.07, 6.45) is -0.370. The SMILES string of the molecule is CC(=O)Nc1ccc(C2OC(C)(C)C(C)(C)O2)cc1C. The monoisotopic (exact) mass is 277 g/mol. The van der Waals surface area contributed by atoms with E-state index in [1.165, 1.54) is 6.92 Å². The Kier molecular flexibility index (Phi) is 3.65. The molecule has 0 bridgehead atoms. The molecule has 0 radical (unpaired) electrons. The maximum atomic E-state index is 11.1. The fourth-order valence-corrected chi connectivity index (χ4v) is 2.14. The zero-order valence-electron chi connectivity index (χ0n) is 13.0. The summed E-state index contributed by atoms with van der Waals surface area (Å²) in [7, 11) is 0. The van der Waals surface area contributed by atoms with Crippen LogP contribution in [0.15, 0.2) is 18.2 Å². The van der Waals surface area contributed by atoms with Crippen LogP contribution in [-0.4, -0.2) is 17.1 Å². The maximum Gasteiger partial charge on any atom is 0.221 e. The number of benzene rings is 1. The Hall–Kier alpha value is -1.39. The maximum absolute atomic E-state index is 11.1. The molecule has 0 spiro atoms. The van der Waals surface area contributed by atoms with Gasteiger partial charge in [0.2, 0.25) is 5.91 Å². The van der Waals surface area contributed by atoms with Crippen LogP contribution in [0.1, 0.15) is 52.0 Å². The predicted molar refractivity (Wildman–Crippen MR) is 78.6 cm³/mol. The molecule has 4 nitrogen and oxygen atoms in total. The van der Waals surface area contributed by atoms with Gasteiger partial charge in [0.05, 0.1) is 11.2 Å². The Balaban J connectivity index is 2.24. The third kappa shape index (κ3) is 2.72. The van der Waals surface area contributed by atoms with E-state index in [4.69, 9.17) is 9.47 Å². The fraction of sp³-hybridized carbons (Fsp3) is 0.562. The lowest BCUT2D eigenvalue weighted by molar-refractivity contribution is -0.114. The highest BCUT2D eigenvalue weighted by Crippen LogP contribution is 2.45. The number of hydrogen-bond donors (Lipinski definition) is 1. The molecule has 1 heterocycles. The second-order valence-electron chi connectivity index (χ2n) is 6.34. The van der Waals surface area contributed by atoms with Gasteiger partial charge in [0, 0.05) is 18.2 Å². The van der Waals surface area contributed by atoms with E-state index >= 15 is 0 Å². The van der Waals surface area contributed by atoms with Gasteiger partial charge in [-0.25, -0.2) is 0 Å². The summed E-state index contributed by atoms with van der Waals surface area (Å²) in [6.45, 7) is 11.6. The summed E-state index contributed by atoms with van der Waals surface area (Å²) >= 11 is 0. The standard InChI is InChI=1S/C16H23NO3/c1-10-9-12(7-8-13(10)17-11(2)18)14-19-15(3,4)16(5,6)20-14/h7-9,14H,1-6H3,(H,17,18). The Bertz CT molecular complexity index is 519. The Morgan fingerprint density at radius 1 is 1.15 bits per heavy atom. The Labute approximate surface area is 120 Å². The summed E-state index contributed by atoms with van der Waals surface area (Å²) < 4.78 is 12.0. The second kappa shape index (κ2) is 4.86. The van der Waals surface area contributed by atoms with Crippen LogP contribution in [0.4, 0.5) is 5.69 Å². The summed E-state index contributed by atoms with van der Waals surface area (Å²) in [5, 5.41) is 2.80. The quantitative estimate of drug-likeness (QED) is 0.899. The average Bonchev–Trinajstić information content (AvgIpc) is 2.50. The fourth-order valence-electron chi connectivity index (χ4n) is 2.14. The molecule has 2 rings (SSSR count). The van der Waals surface area contributed by atoms with Crippen molar-refractivity contribution in [2.45, 2.75) is 59.0 Å². The molecule has 0 aromatic heterocycles. The van der Waals surface area contributed by atoms with Crippen LogP contribution in [0.2, 0.25) is 0 Å². The van der Waals surface area contributed by atoms with Crippen molar-refractivity contribution in [2.75, 3.05) is 5.32 Å². The van der Waals surface area contributed by atoms with E-state index in [1.54, 1.807) is 0 Å². The molecule has 1 N–H and O–H groups in total. The minimum atomic E-state index is -0.370. The third-order valence-electron chi connectivity index (χ3n) is 4.09. The van der Waals surface area contributed by atoms with Crippen LogP contribution >= 0.6 is 0 Å². The van der Waals surface area contributed by atoms with Gasteiger partial charge in [0.1, 0.15) is 0 Å². The van der Waals surface area contributed by atoms with Gasteiger partial charge in [-0.15, -0.1) is 0 Å². The van der Waals surface area contributed by atoms with Gasteiger partial charge in [0.25, 0.3) is 0 Å². The number of ether oxygens (including phenoxy) is 2. The summed E-state index contributed by atoms with van der Waals surface area (Å²) in [6, 6.07) is 5.81. The van der Waals surface area contributed by atoms with E-state index in [0.717, 1.165) is 16.8 Å². The van der Waals surface area contributed by atoms with Gasteiger partial charge >= 0.3 is 0 Å². The van der Waals surface area contributed by atoms with Gasteiger partial charge in [-0.2, -0.15) is 0 Å². The zero-order valence-corrected chi connectivity index (χ0v) is 13.0. The first-order valence-corrected chi connectivity index (χ1v) is 6.86. The minimum absolute atomic E-state index is 0.0727. The van der Waals surface area contributed by atoms with E-state index in [2.05, 4.69) is 5.32 Å². The topological polar surface area (TPSA) is 47.6 Å². The lowest BCUT2D eigenvalue weighted by atomic mass is 9.90. The molecular weight excluding hydrogens is 254 g/mol.